The molecule has 3 N–H and O–H groups in total. The number of thioether (sulfide) groups is 1. The Morgan fingerprint density at radius 2 is 2.40 bits per heavy atom. The predicted octanol–water partition coefficient (Wildman–Crippen LogP) is -0.321. The Kier molecular flexibility index (Phi) is 2.40. The van der Waals surface area contributed by atoms with Crippen LogP contribution in [0.3, 0.4) is 0 Å². The lowest BCUT2D eigenvalue weighted by Gasteiger charge is -2.54. The number of fused-ring (bicyclic) bond motifs is 1. The summed E-state index contributed by atoms with van der Waals surface area (Å²) in [7, 11) is 0. The normalized spacial score (nSPS) is 44.6. The van der Waals surface area contributed by atoms with Gasteiger partial charge in [0, 0.05) is 5.75 Å². The summed E-state index contributed by atoms with van der Waals surface area (Å²) in [6.45, 7) is 1.63. The van der Waals surface area contributed by atoms with E-state index in [0.29, 0.717) is 5.75 Å². The summed E-state index contributed by atoms with van der Waals surface area (Å²) in [6.07, 6.45) is 0. The first-order chi connectivity index (χ1) is 6.86. The Labute approximate surface area is 95.9 Å². The zero-order chi connectivity index (χ0) is 11.4. The third kappa shape index (κ3) is 1.43. The molecule has 5 nitrogen and oxygen atoms in total. The van der Waals surface area contributed by atoms with Crippen LogP contribution in [0.4, 0.5) is 0 Å². The number of halogens is 1. The Balaban J connectivity index is 2.30. The van der Waals surface area contributed by atoms with E-state index in [-0.39, 0.29) is 11.3 Å². The monoisotopic (exact) mass is 250 g/mol. The maximum atomic E-state index is 11.5. The van der Waals surface area contributed by atoms with Gasteiger partial charge in [0.2, 0.25) is 5.91 Å². The second-order valence-electron chi connectivity index (χ2n) is 3.99. The smallest absolute Gasteiger partial charge is 0.328 e. The SMILES string of the molecule is C[C@@]1(Cl)CS[C@@H]2[C@H](N)C(=O)N2[C@H]1C(=O)O. The van der Waals surface area contributed by atoms with Crippen LogP contribution >= 0.6 is 23.4 Å². The number of carboxylic acids is 1. The second-order valence-corrected chi connectivity index (χ2v) is 5.96. The average Bonchev–Trinajstić information content (AvgIpc) is 2.14. The number of hydrogen-bond donors (Lipinski definition) is 2. The number of carbonyl (C=O) groups excluding carboxylic acids is 1. The fourth-order valence-electron chi connectivity index (χ4n) is 1.96. The molecule has 0 radical (unpaired) electrons. The first kappa shape index (κ1) is 11.0. The summed E-state index contributed by atoms with van der Waals surface area (Å²) in [6, 6.07) is -1.55. The number of hydrogen-bond acceptors (Lipinski definition) is 4. The van der Waals surface area contributed by atoms with Crippen molar-refractivity contribution in [2.24, 2.45) is 5.73 Å². The Bertz CT molecular complexity index is 336. The quantitative estimate of drug-likeness (QED) is 0.492. The number of carbonyl (C=O) groups is 2. The molecule has 4 atom stereocenters. The van der Waals surface area contributed by atoms with E-state index in [9.17, 15) is 9.59 Å². The van der Waals surface area contributed by atoms with Crippen molar-refractivity contribution in [2.45, 2.75) is 29.3 Å². The Morgan fingerprint density at radius 1 is 1.80 bits per heavy atom. The van der Waals surface area contributed by atoms with Gasteiger partial charge in [-0.2, -0.15) is 0 Å². The maximum Gasteiger partial charge on any atom is 0.328 e. The zero-order valence-electron chi connectivity index (χ0n) is 8.01. The van der Waals surface area contributed by atoms with Gasteiger partial charge in [-0.1, -0.05) is 0 Å². The molecule has 0 aromatic heterocycles. The highest BCUT2D eigenvalue weighted by molar-refractivity contribution is 8.00. The molecule has 7 heteroatoms. The van der Waals surface area contributed by atoms with Crippen LogP contribution in [0.25, 0.3) is 0 Å². The predicted molar refractivity (Wildman–Crippen MR) is 56.7 cm³/mol. The van der Waals surface area contributed by atoms with Crippen LogP contribution in [0.5, 0.6) is 0 Å². The molecule has 0 aliphatic carbocycles. The summed E-state index contributed by atoms with van der Waals surface area (Å²) in [5.74, 6) is -0.919. The van der Waals surface area contributed by atoms with Crippen molar-refractivity contribution in [3.8, 4) is 0 Å². The van der Waals surface area contributed by atoms with E-state index < -0.39 is 22.9 Å². The molecular weight excluding hydrogens is 240 g/mol. The van der Waals surface area contributed by atoms with E-state index in [1.54, 1.807) is 6.92 Å². The lowest BCUT2D eigenvalue weighted by Crippen LogP contribution is -2.76. The largest absolute Gasteiger partial charge is 0.480 e. The number of amides is 1. The van der Waals surface area contributed by atoms with Crippen molar-refractivity contribution in [3.05, 3.63) is 0 Å². The van der Waals surface area contributed by atoms with Gasteiger partial charge in [0.1, 0.15) is 17.5 Å². The minimum atomic E-state index is -1.07. The summed E-state index contributed by atoms with van der Waals surface area (Å²) in [4.78, 5) is 22.9. The highest BCUT2D eigenvalue weighted by Gasteiger charge is 2.59. The van der Waals surface area contributed by atoms with E-state index in [2.05, 4.69) is 0 Å². The molecule has 1 amide bonds. The number of nitrogens with zero attached hydrogens (tertiary/aromatic N) is 1. The molecule has 2 heterocycles. The molecule has 2 saturated heterocycles. The van der Waals surface area contributed by atoms with Gasteiger partial charge < -0.3 is 15.7 Å². The van der Waals surface area contributed by atoms with Crippen LogP contribution in [0.15, 0.2) is 0 Å². The number of carboxylic acid groups (broad SMARTS) is 1. The summed E-state index contributed by atoms with van der Waals surface area (Å²) < 4.78 is 0. The Morgan fingerprint density at radius 3 is 2.93 bits per heavy atom. The molecule has 2 aliphatic heterocycles. The number of rotatable bonds is 1. The van der Waals surface area contributed by atoms with Crippen molar-refractivity contribution in [3.63, 3.8) is 0 Å². The van der Waals surface area contributed by atoms with Crippen LogP contribution in [0.2, 0.25) is 0 Å². The zero-order valence-corrected chi connectivity index (χ0v) is 9.59. The van der Waals surface area contributed by atoms with Crippen LogP contribution < -0.4 is 5.73 Å². The van der Waals surface area contributed by atoms with Gasteiger partial charge in [0.15, 0.2) is 0 Å². The topological polar surface area (TPSA) is 83.6 Å². The number of nitrogens with two attached hydrogens (primary N) is 1. The molecule has 2 rings (SSSR count). The maximum absolute atomic E-state index is 11.5. The van der Waals surface area contributed by atoms with Crippen LogP contribution in [-0.2, 0) is 9.59 Å². The van der Waals surface area contributed by atoms with E-state index >= 15 is 0 Å². The van der Waals surface area contributed by atoms with Crippen molar-refractivity contribution in [1.82, 2.24) is 4.90 Å². The van der Waals surface area contributed by atoms with Crippen molar-refractivity contribution in [2.75, 3.05) is 5.75 Å². The molecule has 2 fully saturated rings. The summed E-state index contributed by atoms with van der Waals surface area (Å²) in [5.41, 5.74) is 5.58. The minimum Gasteiger partial charge on any atom is -0.480 e. The van der Waals surface area contributed by atoms with Gasteiger partial charge in [-0.25, -0.2) is 4.79 Å². The minimum absolute atomic E-state index is 0.231. The van der Waals surface area contributed by atoms with Crippen LogP contribution in [0.1, 0.15) is 6.92 Å². The van der Waals surface area contributed by atoms with Gasteiger partial charge in [-0.05, 0) is 6.92 Å². The summed E-state index contributed by atoms with van der Waals surface area (Å²) in [5, 5.41) is 8.84. The van der Waals surface area contributed by atoms with Crippen molar-refractivity contribution >= 4 is 35.2 Å². The molecule has 0 aromatic carbocycles. The van der Waals surface area contributed by atoms with Gasteiger partial charge in [-0.15, -0.1) is 23.4 Å². The average molecular weight is 251 g/mol. The molecule has 0 bridgehead atoms. The van der Waals surface area contributed by atoms with Crippen molar-refractivity contribution < 1.29 is 14.7 Å². The number of alkyl halides is 1. The first-order valence-electron chi connectivity index (χ1n) is 4.47. The third-order valence-electron chi connectivity index (χ3n) is 2.74. The second kappa shape index (κ2) is 3.26. The molecule has 0 spiro atoms. The van der Waals surface area contributed by atoms with Crippen LogP contribution in [0, 0.1) is 0 Å². The molecule has 0 unspecified atom stereocenters. The summed E-state index contributed by atoms with van der Waals surface area (Å²) >= 11 is 7.54. The lowest BCUT2D eigenvalue weighted by molar-refractivity contribution is -0.161. The van der Waals surface area contributed by atoms with E-state index in [1.165, 1.54) is 16.7 Å². The molecule has 84 valence electrons. The van der Waals surface area contributed by atoms with E-state index in [4.69, 9.17) is 22.4 Å². The molecule has 2 aliphatic rings. The highest BCUT2D eigenvalue weighted by Crippen LogP contribution is 2.44. The van der Waals surface area contributed by atoms with Gasteiger partial charge in [0.25, 0.3) is 0 Å². The first-order valence-corrected chi connectivity index (χ1v) is 5.90. The molecular formula is C8H11ClN2O3S. The fourth-order valence-corrected chi connectivity index (χ4v) is 3.71. The standard InChI is InChI=1S/C8H11ClN2O3S/c1-8(9)2-15-6-3(10)5(12)11(6)4(8)7(13)14/h3-4,6H,2,10H2,1H3,(H,13,14)/t3-,4+,6-,8-/m1/s1. The fraction of sp³-hybridized carbons (Fsp3) is 0.750. The van der Waals surface area contributed by atoms with E-state index in [1.807, 2.05) is 0 Å². The van der Waals surface area contributed by atoms with Gasteiger partial charge in [0.05, 0.1) is 4.87 Å². The molecule has 0 saturated carbocycles. The number of β-lactam (4-membered cyclic amide) rings is 1. The molecule has 0 aromatic rings. The molecule has 15 heavy (non-hydrogen) atoms. The highest BCUT2D eigenvalue weighted by atomic mass is 35.5. The number of aliphatic carboxylic acids is 1. The van der Waals surface area contributed by atoms with E-state index in [0.717, 1.165) is 0 Å². The van der Waals surface area contributed by atoms with Crippen molar-refractivity contribution in [1.29, 1.82) is 0 Å². The Hall–Kier alpha value is -0.460. The van der Waals surface area contributed by atoms with Gasteiger partial charge in [-0.3, -0.25) is 4.79 Å². The third-order valence-corrected chi connectivity index (χ3v) is 4.87. The van der Waals surface area contributed by atoms with Gasteiger partial charge >= 0.3 is 5.97 Å². The van der Waals surface area contributed by atoms with Crippen LogP contribution in [-0.4, -0.2) is 50.0 Å². The lowest BCUT2D eigenvalue weighted by atomic mass is 9.94.